The molecule has 2 aromatic rings. The highest BCUT2D eigenvalue weighted by atomic mass is 32.1. The molecule has 1 aliphatic rings. The van der Waals surface area contributed by atoms with E-state index >= 15 is 0 Å². The highest BCUT2D eigenvalue weighted by molar-refractivity contribution is 7.80. The number of methoxy groups -OCH3 is 1. The van der Waals surface area contributed by atoms with Crippen LogP contribution < -0.4 is 10.1 Å². The first-order chi connectivity index (χ1) is 12.7. The predicted octanol–water partition coefficient (Wildman–Crippen LogP) is 3.03. The number of nitrogens with zero attached hydrogens (tertiary/aromatic N) is 2. The Balaban J connectivity index is 1.45. The maximum Gasteiger partial charge on any atom is 0.169 e. The summed E-state index contributed by atoms with van der Waals surface area (Å²) in [6.07, 6.45) is 0. The maximum absolute atomic E-state index is 13.0. The van der Waals surface area contributed by atoms with Gasteiger partial charge in [0.1, 0.15) is 11.6 Å². The zero-order chi connectivity index (χ0) is 18.4. The number of hydrogen-bond acceptors (Lipinski definition) is 3. The van der Waals surface area contributed by atoms with Gasteiger partial charge in [-0.05, 0) is 36.0 Å². The van der Waals surface area contributed by atoms with Gasteiger partial charge in [0, 0.05) is 44.8 Å². The highest BCUT2D eigenvalue weighted by Gasteiger charge is 2.19. The lowest BCUT2D eigenvalue weighted by Gasteiger charge is -2.36. The predicted molar refractivity (Wildman–Crippen MR) is 106 cm³/mol. The second-order valence-corrected chi connectivity index (χ2v) is 6.75. The molecule has 2 aromatic carbocycles. The monoisotopic (exact) mass is 373 g/mol. The van der Waals surface area contributed by atoms with E-state index in [1.165, 1.54) is 12.1 Å². The number of benzene rings is 2. The molecule has 0 amide bonds. The Bertz CT molecular complexity index is 730. The number of ether oxygens (including phenoxy) is 1. The topological polar surface area (TPSA) is 27.7 Å². The lowest BCUT2D eigenvalue weighted by atomic mass is 10.2. The molecule has 0 bridgehead atoms. The molecule has 1 heterocycles. The lowest BCUT2D eigenvalue weighted by molar-refractivity contribution is 0.174. The number of rotatable bonds is 5. The summed E-state index contributed by atoms with van der Waals surface area (Å²) >= 11 is 5.55. The highest BCUT2D eigenvalue weighted by Crippen LogP contribution is 2.17. The van der Waals surface area contributed by atoms with Gasteiger partial charge in [-0.3, -0.25) is 4.90 Å². The van der Waals surface area contributed by atoms with Crippen LogP contribution >= 0.6 is 12.2 Å². The standard InChI is InChI=1S/C20H24FN3OS/c1-25-19-5-3-2-4-17(19)14-22-20(26)24-12-10-23(11-13-24)15-16-6-8-18(21)9-7-16/h2-9H,10-15H2,1H3,(H,22,26). The van der Waals surface area contributed by atoms with E-state index in [-0.39, 0.29) is 5.82 Å². The number of piperazine rings is 1. The SMILES string of the molecule is COc1ccccc1CNC(=S)N1CCN(Cc2ccc(F)cc2)CC1. The molecule has 0 unspecified atom stereocenters. The Morgan fingerprint density at radius 2 is 1.77 bits per heavy atom. The van der Waals surface area contributed by atoms with Gasteiger partial charge in [-0.1, -0.05) is 30.3 Å². The zero-order valence-electron chi connectivity index (χ0n) is 15.0. The summed E-state index contributed by atoms with van der Waals surface area (Å²) < 4.78 is 18.4. The molecule has 26 heavy (non-hydrogen) atoms. The smallest absolute Gasteiger partial charge is 0.169 e. The number of nitrogens with one attached hydrogen (secondary N) is 1. The van der Waals surface area contributed by atoms with Crippen LogP contribution in [0, 0.1) is 5.82 Å². The molecule has 0 saturated carbocycles. The van der Waals surface area contributed by atoms with E-state index in [1.807, 2.05) is 36.4 Å². The third-order valence-electron chi connectivity index (χ3n) is 4.60. The van der Waals surface area contributed by atoms with Crippen molar-refractivity contribution in [3.05, 3.63) is 65.5 Å². The molecule has 6 heteroatoms. The molecule has 4 nitrogen and oxygen atoms in total. The minimum absolute atomic E-state index is 0.190. The van der Waals surface area contributed by atoms with Gasteiger partial charge in [-0.15, -0.1) is 0 Å². The molecule has 3 rings (SSSR count). The van der Waals surface area contributed by atoms with Crippen molar-refractivity contribution in [3.8, 4) is 5.75 Å². The van der Waals surface area contributed by atoms with E-state index in [9.17, 15) is 4.39 Å². The number of hydrogen-bond donors (Lipinski definition) is 1. The minimum atomic E-state index is -0.190. The van der Waals surface area contributed by atoms with Crippen molar-refractivity contribution in [3.63, 3.8) is 0 Å². The van der Waals surface area contributed by atoms with Gasteiger partial charge < -0.3 is 15.0 Å². The Kier molecular flexibility index (Phi) is 6.41. The Morgan fingerprint density at radius 1 is 1.08 bits per heavy atom. The Morgan fingerprint density at radius 3 is 2.46 bits per heavy atom. The average Bonchev–Trinajstić information content (AvgIpc) is 2.68. The molecule has 1 saturated heterocycles. The zero-order valence-corrected chi connectivity index (χ0v) is 15.8. The molecule has 0 atom stereocenters. The first-order valence-corrected chi connectivity index (χ1v) is 9.18. The number of halogens is 1. The maximum atomic E-state index is 13.0. The van der Waals surface area contributed by atoms with Crippen LogP contribution in [0.4, 0.5) is 4.39 Å². The van der Waals surface area contributed by atoms with Crippen molar-refractivity contribution < 1.29 is 9.13 Å². The van der Waals surface area contributed by atoms with Crippen molar-refractivity contribution in [2.45, 2.75) is 13.1 Å². The molecule has 138 valence electrons. The fourth-order valence-electron chi connectivity index (χ4n) is 3.09. The molecule has 0 aliphatic carbocycles. The van der Waals surface area contributed by atoms with E-state index in [1.54, 1.807) is 7.11 Å². The Labute approximate surface area is 159 Å². The summed E-state index contributed by atoms with van der Waals surface area (Å²) in [7, 11) is 1.68. The molecular formula is C20H24FN3OS. The molecule has 1 aliphatic heterocycles. The van der Waals surface area contributed by atoms with Crippen molar-refractivity contribution in [1.82, 2.24) is 15.1 Å². The van der Waals surface area contributed by atoms with Crippen LogP contribution in [0.3, 0.4) is 0 Å². The molecule has 1 fully saturated rings. The van der Waals surface area contributed by atoms with Gasteiger partial charge in [-0.25, -0.2) is 4.39 Å². The van der Waals surface area contributed by atoms with E-state index in [0.717, 1.165) is 54.7 Å². The van der Waals surface area contributed by atoms with E-state index in [0.29, 0.717) is 6.54 Å². The fourth-order valence-corrected chi connectivity index (χ4v) is 3.34. The van der Waals surface area contributed by atoms with E-state index < -0.39 is 0 Å². The molecule has 0 spiro atoms. The molecular weight excluding hydrogens is 349 g/mol. The first-order valence-electron chi connectivity index (χ1n) is 8.77. The summed E-state index contributed by atoms with van der Waals surface area (Å²) in [4.78, 5) is 4.57. The summed E-state index contributed by atoms with van der Waals surface area (Å²) in [6.45, 7) is 5.15. The third-order valence-corrected chi connectivity index (χ3v) is 5.00. The van der Waals surface area contributed by atoms with Gasteiger partial charge in [0.05, 0.1) is 7.11 Å². The average molecular weight is 373 g/mol. The van der Waals surface area contributed by atoms with Crippen LogP contribution in [0.2, 0.25) is 0 Å². The summed E-state index contributed by atoms with van der Waals surface area (Å²) in [5.74, 6) is 0.678. The van der Waals surface area contributed by atoms with E-state index in [2.05, 4.69) is 15.1 Å². The summed E-state index contributed by atoms with van der Waals surface area (Å²) in [5, 5.41) is 4.11. The largest absolute Gasteiger partial charge is 0.496 e. The van der Waals surface area contributed by atoms with Crippen LogP contribution in [0.1, 0.15) is 11.1 Å². The van der Waals surface area contributed by atoms with E-state index in [4.69, 9.17) is 17.0 Å². The van der Waals surface area contributed by atoms with Crippen LogP contribution in [-0.2, 0) is 13.1 Å². The van der Waals surface area contributed by atoms with Crippen molar-refractivity contribution >= 4 is 17.3 Å². The molecule has 1 N–H and O–H groups in total. The van der Waals surface area contributed by atoms with Crippen LogP contribution in [0.5, 0.6) is 5.75 Å². The van der Waals surface area contributed by atoms with Gasteiger partial charge in [0.2, 0.25) is 0 Å². The lowest BCUT2D eigenvalue weighted by Crippen LogP contribution is -2.51. The van der Waals surface area contributed by atoms with Crippen LogP contribution in [0.25, 0.3) is 0 Å². The summed E-state index contributed by atoms with van der Waals surface area (Å²) in [5.41, 5.74) is 2.23. The van der Waals surface area contributed by atoms with Gasteiger partial charge in [0.25, 0.3) is 0 Å². The summed E-state index contributed by atoms with van der Waals surface area (Å²) in [6, 6.07) is 14.7. The molecule has 0 aromatic heterocycles. The Hall–Kier alpha value is -2.18. The van der Waals surface area contributed by atoms with Crippen molar-refractivity contribution in [1.29, 1.82) is 0 Å². The third kappa shape index (κ3) is 4.93. The normalized spacial score (nSPS) is 14.9. The van der Waals surface area contributed by atoms with Crippen molar-refractivity contribution in [2.24, 2.45) is 0 Å². The molecule has 0 radical (unpaired) electrons. The van der Waals surface area contributed by atoms with Crippen LogP contribution in [-0.4, -0.2) is 48.2 Å². The number of thiocarbonyl (C=S) groups is 1. The van der Waals surface area contributed by atoms with Gasteiger partial charge in [-0.2, -0.15) is 0 Å². The van der Waals surface area contributed by atoms with Crippen LogP contribution in [0.15, 0.2) is 48.5 Å². The second-order valence-electron chi connectivity index (χ2n) is 6.36. The minimum Gasteiger partial charge on any atom is -0.496 e. The first kappa shape index (κ1) is 18.6. The van der Waals surface area contributed by atoms with Crippen molar-refractivity contribution in [2.75, 3.05) is 33.3 Å². The number of para-hydroxylation sites is 1. The quantitative estimate of drug-likeness (QED) is 0.814. The fraction of sp³-hybridized carbons (Fsp3) is 0.350. The second kappa shape index (κ2) is 8.96. The van der Waals surface area contributed by atoms with Gasteiger partial charge in [0.15, 0.2) is 5.11 Å². The van der Waals surface area contributed by atoms with Gasteiger partial charge >= 0.3 is 0 Å².